The van der Waals surface area contributed by atoms with Crippen molar-refractivity contribution in [2.45, 2.75) is 6.92 Å². The zero-order valence-electron chi connectivity index (χ0n) is 17.5. The molecule has 6 rings (SSSR count). The number of pyridine rings is 1. The van der Waals surface area contributed by atoms with Crippen LogP contribution in [0.4, 0.5) is 0 Å². The van der Waals surface area contributed by atoms with Gasteiger partial charge in [-0.2, -0.15) is 5.10 Å². The van der Waals surface area contributed by atoms with Crippen molar-refractivity contribution >= 4 is 38.7 Å². The van der Waals surface area contributed by atoms with Gasteiger partial charge in [0.2, 0.25) is 0 Å². The largest absolute Gasteiger partial charge is 0.353 e. The first-order valence-electron chi connectivity index (χ1n) is 10.4. The Kier molecular flexibility index (Phi) is 4.30. The van der Waals surface area contributed by atoms with Gasteiger partial charge in [0.15, 0.2) is 0 Å². The number of rotatable bonds is 4. The number of hydrogen-bond acceptors (Lipinski definition) is 3. The number of hydrogen-bond donors (Lipinski definition) is 2. The predicted octanol–water partition coefficient (Wildman–Crippen LogP) is 7.53. The Morgan fingerprint density at radius 3 is 2.66 bits per heavy atom. The average Bonchev–Trinajstić information content (AvgIpc) is 3.56. The van der Waals surface area contributed by atoms with Crippen LogP contribution in [-0.2, 0) is 0 Å². The third kappa shape index (κ3) is 3.06. The second-order valence-electron chi connectivity index (χ2n) is 7.94. The zero-order chi connectivity index (χ0) is 21.7. The van der Waals surface area contributed by atoms with E-state index in [2.05, 4.69) is 81.3 Å². The molecular weight excluding hydrogens is 412 g/mol. The van der Waals surface area contributed by atoms with Crippen molar-refractivity contribution in [1.29, 1.82) is 0 Å². The number of aromatic nitrogens is 4. The van der Waals surface area contributed by atoms with Crippen molar-refractivity contribution < 1.29 is 0 Å². The maximum absolute atomic E-state index is 4.64. The van der Waals surface area contributed by atoms with Crippen LogP contribution in [0, 0.1) is 0 Å². The summed E-state index contributed by atoms with van der Waals surface area (Å²) >= 11 is 1.78. The summed E-state index contributed by atoms with van der Waals surface area (Å²) in [5.41, 5.74) is 8.34. The number of nitrogens with one attached hydrogen (secondary N) is 2. The van der Waals surface area contributed by atoms with Crippen LogP contribution in [0.3, 0.4) is 0 Å². The highest BCUT2D eigenvalue weighted by molar-refractivity contribution is 7.16. The molecule has 0 aliphatic heterocycles. The average molecular weight is 433 g/mol. The summed E-state index contributed by atoms with van der Waals surface area (Å²) < 4.78 is 0. The lowest BCUT2D eigenvalue weighted by Crippen LogP contribution is -1.82. The topological polar surface area (TPSA) is 57.4 Å². The Morgan fingerprint density at radius 1 is 0.906 bits per heavy atom. The molecule has 4 heterocycles. The number of aromatic amines is 2. The molecule has 0 radical (unpaired) electrons. The molecule has 0 atom stereocenters. The van der Waals surface area contributed by atoms with Crippen LogP contribution in [0.5, 0.6) is 0 Å². The van der Waals surface area contributed by atoms with Crippen LogP contribution in [0.2, 0.25) is 0 Å². The molecule has 2 aromatic carbocycles. The van der Waals surface area contributed by atoms with Crippen molar-refractivity contribution in [2.75, 3.05) is 0 Å². The van der Waals surface area contributed by atoms with Gasteiger partial charge in [-0.3, -0.25) is 10.1 Å². The maximum Gasteiger partial charge on any atom is 0.116 e. The molecule has 4 nitrogen and oxygen atoms in total. The molecule has 0 amide bonds. The second kappa shape index (κ2) is 7.32. The van der Waals surface area contributed by atoms with E-state index in [9.17, 15) is 0 Å². The van der Waals surface area contributed by atoms with Crippen molar-refractivity contribution in [3.63, 3.8) is 0 Å². The van der Waals surface area contributed by atoms with Crippen molar-refractivity contribution in [2.24, 2.45) is 0 Å². The van der Waals surface area contributed by atoms with Crippen LogP contribution in [-0.4, -0.2) is 20.2 Å². The quantitative estimate of drug-likeness (QED) is 0.302. The summed E-state index contributed by atoms with van der Waals surface area (Å²) in [7, 11) is 0. The zero-order valence-corrected chi connectivity index (χ0v) is 18.3. The van der Waals surface area contributed by atoms with Gasteiger partial charge >= 0.3 is 0 Å². The molecule has 6 aromatic rings. The first-order chi connectivity index (χ1) is 15.7. The normalized spacial score (nSPS) is 11.4. The van der Waals surface area contributed by atoms with Crippen LogP contribution < -0.4 is 0 Å². The number of allylic oxidation sites excluding steroid dienone is 1. The maximum atomic E-state index is 4.64. The minimum atomic E-state index is 0.911. The van der Waals surface area contributed by atoms with Gasteiger partial charge in [0.25, 0.3) is 0 Å². The summed E-state index contributed by atoms with van der Waals surface area (Å²) in [6.07, 6.45) is 1.82. The van der Waals surface area contributed by atoms with Crippen LogP contribution in [0.15, 0.2) is 85.6 Å². The van der Waals surface area contributed by atoms with E-state index >= 15 is 0 Å². The van der Waals surface area contributed by atoms with Crippen molar-refractivity contribution in [3.8, 4) is 33.1 Å². The van der Waals surface area contributed by atoms with E-state index < -0.39 is 0 Å². The molecule has 0 saturated heterocycles. The molecule has 0 spiro atoms. The van der Waals surface area contributed by atoms with E-state index in [1.807, 2.05) is 31.3 Å². The van der Waals surface area contributed by atoms with Gasteiger partial charge in [-0.05, 0) is 61.0 Å². The Bertz CT molecular complexity index is 1600. The van der Waals surface area contributed by atoms with E-state index in [0.717, 1.165) is 44.6 Å². The summed E-state index contributed by atoms with van der Waals surface area (Å²) in [4.78, 5) is 10.5. The lowest BCUT2D eigenvalue weighted by Gasteiger charge is -2.01. The van der Waals surface area contributed by atoms with Gasteiger partial charge in [-0.1, -0.05) is 30.8 Å². The van der Waals surface area contributed by atoms with Gasteiger partial charge in [-0.25, -0.2) is 0 Å². The van der Waals surface area contributed by atoms with Crippen LogP contribution >= 0.6 is 11.3 Å². The third-order valence-electron chi connectivity index (χ3n) is 5.73. The standard InChI is InChI=1S/C27H20N4S/c1-16(2)25-11-12-26(32-25)18-6-5-8-22-19(18)15-24(29-22)27-20-14-17(9-10-23(20)30-31-27)21-7-3-4-13-28-21/h3-15,29H,1H2,2H3,(H,30,31). The first-order valence-corrected chi connectivity index (χ1v) is 11.3. The lowest BCUT2D eigenvalue weighted by atomic mass is 10.1. The second-order valence-corrected chi connectivity index (χ2v) is 9.03. The molecule has 0 aliphatic carbocycles. The molecule has 32 heavy (non-hydrogen) atoms. The van der Waals surface area contributed by atoms with Crippen molar-refractivity contribution in [3.05, 3.63) is 90.4 Å². The Hall–Kier alpha value is -3.96. The number of benzene rings is 2. The third-order valence-corrected chi connectivity index (χ3v) is 7.02. The molecule has 0 bridgehead atoms. The summed E-state index contributed by atoms with van der Waals surface area (Å²) in [6, 6.07) is 25.2. The van der Waals surface area contributed by atoms with E-state index in [4.69, 9.17) is 0 Å². The van der Waals surface area contributed by atoms with Gasteiger partial charge in [0, 0.05) is 43.4 Å². The predicted molar refractivity (Wildman–Crippen MR) is 135 cm³/mol. The fourth-order valence-corrected chi connectivity index (χ4v) is 5.09. The highest BCUT2D eigenvalue weighted by Crippen LogP contribution is 2.38. The highest BCUT2D eigenvalue weighted by Gasteiger charge is 2.15. The molecule has 0 unspecified atom stereocenters. The number of thiophene rings is 1. The molecule has 154 valence electrons. The summed E-state index contributed by atoms with van der Waals surface area (Å²) in [5.74, 6) is 0. The fraction of sp³-hybridized carbons (Fsp3) is 0.0370. The fourth-order valence-electron chi connectivity index (χ4n) is 4.12. The minimum absolute atomic E-state index is 0.911. The summed E-state index contributed by atoms with van der Waals surface area (Å²) in [6.45, 7) is 6.13. The molecule has 2 N–H and O–H groups in total. The first kappa shape index (κ1) is 18.8. The monoisotopic (exact) mass is 432 g/mol. The van der Waals surface area contributed by atoms with Gasteiger partial charge in [0.1, 0.15) is 5.69 Å². The van der Waals surface area contributed by atoms with E-state index in [1.54, 1.807) is 11.3 Å². The minimum Gasteiger partial charge on any atom is -0.353 e. The Balaban J connectivity index is 1.49. The molecule has 5 heteroatoms. The molecule has 4 aromatic heterocycles. The Labute approximate surface area is 189 Å². The van der Waals surface area contributed by atoms with E-state index in [-0.39, 0.29) is 0 Å². The molecule has 0 saturated carbocycles. The highest BCUT2D eigenvalue weighted by atomic mass is 32.1. The van der Waals surface area contributed by atoms with Gasteiger partial charge in [-0.15, -0.1) is 11.3 Å². The summed E-state index contributed by atoms with van der Waals surface area (Å²) in [5, 5.41) is 10.1. The number of fused-ring (bicyclic) bond motifs is 2. The van der Waals surface area contributed by atoms with Gasteiger partial charge in [0.05, 0.1) is 16.9 Å². The van der Waals surface area contributed by atoms with Crippen LogP contribution in [0.1, 0.15) is 11.8 Å². The van der Waals surface area contributed by atoms with E-state index in [0.29, 0.717) is 0 Å². The lowest BCUT2D eigenvalue weighted by molar-refractivity contribution is 1.12. The molecule has 0 fully saturated rings. The number of nitrogens with zero attached hydrogens (tertiary/aromatic N) is 2. The number of H-pyrrole nitrogens is 2. The Morgan fingerprint density at radius 2 is 1.84 bits per heavy atom. The van der Waals surface area contributed by atoms with E-state index in [1.165, 1.54) is 20.7 Å². The SMILES string of the molecule is C=C(C)c1ccc(-c2cccc3[nH]c(-c4n[nH]c5ccc(-c6ccccn6)cc45)cc23)s1. The van der Waals surface area contributed by atoms with Crippen LogP contribution in [0.25, 0.3) is 60.5 Å². The van der Waals surface area contributed by atoms with Gasteiger partial charge < -0.3 is 4.98 Å². The smallest absolute Gasteiger partial charge is 0.116 e. The van der Waals surface area contributed by atoms with Crippen molar-refractivity contribution in [1.82, 2.24) is 20.2 Å². The molecular formula is C27H20N4S. The molecule has 0 aliphatic rings.